The van der Waals surface area contributed by atoms with E-state index >= 15 is 0 Å². The Morgan fingerprint density at radius 2 is 1.00 bits per heavy atom. The maximum atomic E-state index is 12.8. The van der Waals surface area contributed by atoms with Gasteiger partial charge in [0, 0.05) is 12.8 Å². The molecule has 2 atom stereocenters. The van der Waals surface area contributed by atoms with Gasteiger partial charge in [-0.15, -0.1) is 0 Å². The van der Waals surface area contributed by atoms with Gasteiger partial charge in [-0.1, -0.05) is 141 Å². The van der Waals surface area contributed by atoms with E-state index in [0.29, 0.717) is 12.8 Å². The van der Waals surface area contributed by atoms with Gasteiger partial charge in [0.15, 0.2) is 6.10 Å². The molecule has 54 heavy (non-hydrogen) atoms. The van der Waals surface area contributed by atoms with Crippen LogP contribution in [0.5, 0.6) is 0 Å². The molecule has 0 aromatic rings. The van der Waals surface area contributed by atoms with Crippen LogP contribution in [0.15, 0.2) is 24.3 Å². The lowest BCUT2D eigenvalue weighted by Crippen LogP contribution is -2.37. The van der Waals surface area contributed by atoms with E-state index in [0.717, 1.165) is 77.0 Å². The summed E-state index contributed by atoms with van der Waals surface area (Å²) in [5, 5.41) is 0. The number of allylic oxidation sites excluding steroid dienone is 4. The standard InChI is InChI=1S/C44H84NO8P/c1-6-8-10-12-14-16-18-20-22-24-26-28-30-32-34-36-43(46)50-40-42(41-52-54(48,49)51-39-38-45(3,4)5)53-44(47)37-35-33-31-29-27-25-23-21-19-17-15-13-11-9-7-2/h20-23,42H,6-19,24-41H2,1-5H3/b22-20-,23-21-/t42-/m0/s1/i3D3,4D3,5D3. The van der Waals surface area contributed by atoms with Crippen LogP contribution in [0.3, 0.4) is 0 Å². The van der Waals surface area contributed by atoms with Crippen LogP contribution in [0.4, 0.5) is 0 Å². The minimum Gasteiger partial charge on any atom is -0.756 e. The molecule has 9 nitrogen and oxygen atoms in total. The molecular formula is C44H84NO8P. The lowest BCUT2D eigenvalue weighted by molar-refractivity contribution is -0.870. The van der Waals surface area contributed by atoms with E-state index in [9.17, 15) is 19.0 Å². The Morgan fingerprint density at radius 1 is 0.593 bits per heavy atom. The van der Waals surface area contributed by atoms with Crippen LogP contribution in [0, 0.1) is 0 Å². The van der Waals surface area contributed by atoms with Crippen molar-refractivity contribution < 1.29 is 54.4 Å². The monoisotopic (exact) mass is 795 g/mol. The van der Waals surface area contributed by atoms with Gasteiger partial charge in [-0.2, -0.15) is 0 Å². The molecule has 0 aliphatic carbocycles. The molecular weight excluding hydrogens is 701 g/mol. The third kappa shape index (κ3) is 40.2. The van der Waals surface area contributed by atoms with Crippen molar-refractivity contribution in [2.24, 2.45) is 0 Å². The number of ether oxygens (including phenoxy) is 2. The molecule has 10 heteroatoms. The predicted octanol–water partition coefficient (Wildman–Crippen LogP) is 11.7. The van der Waals surface area contributed by atoms with Crippen LogP contribution in [0.2, 0.25) is 0 Å². The fourth-order valence-corrected chi connectivity index (χ4v) is 6.53. The second-order valence-electron chi connectivity index (χ2n) is 14.6. The summed E-state index contributed by atoms with van der Waals surface area (Å²) in [6.45, 7) is -10.1. The highest BCUT2D eigenvalue weighted by Gasteiger charge is 2.21. The molecule has 0 radical (unpaired) electrons. The van der Waals surface area contributed by atoms with Crippen LogP contribution in [-0.2, 0) is 32.7 Å². The van der Waals surface area contributed by atoms with E-state index in [2.05, 4.69) is 38.2 Å². The average Bonchev–Trinajstić information content (AvgIpc) is 3.19. The smallest absolute Gasteiger partial charge is 0.306 e. The number of hydrogen-bond acceptors (Lipinski definition) is 8. The number of quaternary nitrogens is 1. The van der Waals surface area contributed by atoms with Crippen molar-refractivity contribution in [2.45, 2.75) is 200 Å². The lowest BCUT2D eigenvalue weighted by Gasteiger charge is -2.28. The van der Waals surface area contributed by atoms with E-state index in [1.165, 1.54) is 77.0 Å². The van der Waals surface area contributed by atoms with Gasteiger partial charge in [-0.25, -0.2) is 0 Å². The first-order valence-corrected chi connectivity index (χ1v) is 22.8. The maximum absolute atomic E-state index is 12.8. The molecule has 0 heterocycles. The zero-order valence-electron chi connectivity index (χ0n) is 43.2. The molecule has 0 bridgehead atoms. The predicted molar refractivity (Wildman–Crippen MR) is 222 cm³/mol. The van der Waals surface area contributed by atoms with Crippen LogP contribution < -0.4 is 4.89 Å². The number of carbonyl (C=O) groups is 2. The molecule has 0 saturated heterocycles. The van der Waals surface area contributed by atoms with Crippen molar-refractivity contribution in [3.63, 3.8) is 0 Å². The number of hydrogen-bond donors (Lipinski definition) is 0. The van der Waals surface area contributed by atoms with Gasteiger partial charge < -0.3 is 27.9 Å². The molecule has 0 amide bonds. The maximum Gasteiger partial charge on any atom is 0.306 e. The second-order valence-corrected chi connectivity index (χ2v) is 16.0. The molecule has 0 spiro atoms. The largest absolute Gasteiger partial charge is 0.756 e. The zero-order chi connectivity index (χ0) is 47.5. The summed E-state index contributed by atoms with van der Waals surface area (Å²) in [4.78, 5) is 38.0. The molecule has 0 N–H and O–H groups in total. The van der Waals surface area contributed by atoms with Gasteiger partial charge in [0.05, 0.1) is 39.9 Å². The van der Waals surface area contributed by atoms with Crippen molar-refractivity contribution in [1.82, 2.24) is 0 Å². The third-order valence-corrected chi connectivity index (χ3v) is 10.1. The number of phosphoric ester groups is 1. The molecule has 0 aliphatic rings. The summed E-state index contributed by atoms with van der Waals surface area (Å²) in [6, 6.07) is 0. The SMILES string of the molecule is [2H]C([2H])([2H])[N+](CCOP(=O)([O-])OC[C@H](COC(=O)CCCCCCC/C=C\CCCCCCCC)OC(=O)CCCCCCC/C=C\CCCCCCCC)(C([2H])([2H])[2H])C([2H])([2H])[2H]. The van der Waals surface area contributed by atoms with Crippen molar-refractivity contribution in [1.29, 1.82) is 0 Å². The number of unbranched alkanes of at least 4 members (excludes halogenated alkanes) is 22. The van der Waals surface area contributed by atoms with Gasteiger partial charge in [-0.3, -0.25) is 14.2 Å². The summed E-state index contributed by atoms with van der Waals surface area (Å²) in [6.07, 6.45) is 36.4. The molecule has 0 aromatic heterocycles. The number of rotatable bonds is 40. The lowest BCUT2D eigenvalue weighted by atomic mass is 10.1. The molecule has 0 saturated carbocycles. The minimum atomic E-state index is -5.33. The minimum absolute atomic E-state index is 0.0441. The first-order chi connectivity index (χ1) is 29.7. The Morgan fingerprint density at radius 3 is 1.44 bits per heavy atom. The first kappa shape index (κ1) is 38.0. The number of phosphoric acid groups is 1. The van der Waals surface area contributed by atoms with Crippen molar-refractivity contribution in [2.75, 3.05) is 47.3 Å². The number of esters is 2. The van der Waals surface area contributed by atoms with Gasteiger partial charge in [0.25, 0.3) is 7.82 Å². The molecule has 318 valence electrons. The van der Waals surface area contributed by atoms with Crippen LogP contribution in [-0.4, -0.2) is 69.8 Å². The van der Waals surface area contributed by atoms with E-state index in [4.69, 9.17) is 30.9 Å². The van der Waals surface area contributed by atoms with Gasteiger partial charge >= 0.3 is 11.9 Å². The van der Waals surface area contributed by atoms with Crippen molar-refractivity contribution in [3.05, 3.63) is 24.3 Å². The Bertz CT molecular complexity index is 1240. The van der Waals surface area contributed by atoms with Gasteiger partial charge in [0.2, 0.25) is 0 Å². The van der Waals surface area contributed by atoms with Gasteiger partial charge in [0.1, 0.15) is 19.8 Å². The highest BCUT2D eigenvalue weighted by atomic mass is 31.2. The average molecular weight is 795 g/mol. The quantitative estimate of drug-likeness (QED) is 0.0198. The Labute approximate surface area is 345 Å². The molecule has 0 rings (SSSR count). The third-order valence-electron chi connectivity index (χ3n) is 9.11. The van der Waals surface area contributed by atoms with Crippen LogP contribution in [0.1, 0.15) is 206 Å². The summed E-state index contributed by atoms with van der Waals surface area (Å²) in [5.74, 6) is -1.20. The van der Waals surface area contributed by atoms with Crippen molar-refractivity contribution >= 4 is 19.8 Å². The fourth-order valence-electron chi connectivity index (χ4n) is 5.80. The Balaban J connectivity index is 4.98. The summed E-state index contributed by atoms with van der Waals surface area (Å²) in [7, 11) is -5.33. The molecule has 0 fully saturated rings. The highest BCUT2D eigenvalue weighted by molar-refractivity contribution is 7.45. The van der Waals surface area contributed by atoms with Crippen LogP contribution in [0.25, 0.3) is 0 Å². The van der Waals surface area contributed by atoms with Crippen LogP contribution >= 0.6 is 7.82 Å². The van der Waals surface area contributed by atoms with Crippen molar-refractivity contribution in [3.8, 4) is 0 Å². The Kier molecular flexibility index (Phi) is 26.1. The molecule has 0 aliphatic heterocycles. The second kappa shape index (κ2) is 37.1. The normalized spacial score (nSPS) is 17.0. The highest BCUT2D eigenvalue weighted by Crippen LogP contribution is 2.38. The van der Waals surface area contributed by atoms with E-state index in [1.807, 2.05) is 0 Å². The number of likely N-dealkylation sites (N-methyl/N-ethyl adjacent to an activating group) is 1. The molecule has 1 unspecified atom stereocenters. The van der Waals surface area contributed by atoms with Gasteiger partial charge in [-0.05, 0) is 64.2 Å². The summed E-state index contributed by atoms with van der Waals surface area (Å²) >= 11 is 0. The van der Waals surface area contributed by atoms with E-state index < -0.39 is 77.6 Å². The number of carbonyl (C=O) groups excluding carboxylic acids is 2. The Hall–Kier alpha value is -1.51. The molecule has 0 aromatic carbocycles. The fraction of sp³-hybridized carbons (Fsp3) is 0.864. The van der Waals surface area contributed by atoms with E-state index in [-0.39, 0.29) is 12.8 Å². The van der Waals surface area contributed by atoms with E-state index in [1.54, 1.807) is 0 Å². The number of nitrogens with zero attached hydrogens (tertiary/aromatic N) is 1. The first-order valence-electron chi connectivity index (χ1n) is 25.9. The topological polar surface area (TPSA) is 111 Å². The summed E-state index contributed by atoms with van der Waals surface area (Å²) < 4.78 is 99.9. The summed E-state index contributed by atoms with van der Waals surface area (Å²) in [5.41, 5.74) is 0. The zero-order valence-corrected chi connectivity index (χ0v) is 35.1.